The third kappa shape index (κ3) is 3.22. The number of rotatable bonds is 4. The van der Waals surface area contributed by atoms with Gasteiger partial charge >= 0.3 is 0 Å². The zero-order chi connectivity index (χ0) is 13.0. The Bertz CT molecular complexity index is 371. The van der Waals surface area contributed by atoms with Crippen molar-refractivity contribution in [3.63, 3.8) is 0 Å². The summed E-state index contributed by atoms with van der Waals surface area (Å²) in [5, 5.41) is 10.2. The Balaban J connectivity index is 2.06. The zero-order valence-electron chi connectivity index (χ0n) is 10.4. The highest BCUT2D eigenvalue weighted by atomic mass is 35.5. The Morgan fingerprint density at radius 3 is 2.67 bits per heavy atom. The molecule has 2 nitrogen and oxygen atoms in total. The summed E-state index contributed by atoms with van der Waals surface area (Å²) in [6, 6.07) is 7.83. The van der Waals surface area contributed by atoms with Crippen LogP contribution in [0.2, 0.25) is 5.02 Å². The molecule has 2 unspecified atom stereocenters. The van der Waals surface area contributed by atoms with E-state index in [0.717, 1.165) is 24.5 Å². The Morgan fingerprint density at radius 2 is 2.06 bits per heavy atom. The molecule has 1 aromatic rings. The molecule has 0 radical (unpaired) electrons. The summed E-state index contributed by atoms with van der Waals surface area (Å²) in [5.74, 6) is 0.537. The van der Waals surface area contributed by atoms with Crippen molar-refractivity contribution in [1.29, 1.82) is 0 Å². The Labute approximate surface area is 112 Å². The maximum atomic E-state index is 12.4. The van der Waals surface area contributed by atoms with E-state index in [-0.39, 0.29) is 19.2 Å². The summed E-state index contributed by atoms with van der Waals surface area (Å²) >= 11 is 5.89. The summed E-state index contributed by atoms with van der Waals surface area (Å²) in [4.78, 5) is 2.09. The zero-order valence-corrected chi connectivity index (χ0v) is 11.1. The van der Waals surface area contributed by atoms with Gasteiger partial charge in [0, 0.05) is 30.6 Å². The van der Waals surface area contributed by atoms with E-state index in [1.54, 1.807) is 0 Å². The van der Waals surface area contributed by atoms with Crippen LogP contribution in [0.4, 0.5) is 4.39 Å². The smallest absolute Gasteiger partial charge is 0.102 e. The number of aliphatic hydroxyl groups excluding tert-OH is 1. The normalized spacial score (nSPS) is 25.3. The quantitative estimate of drug-likeness (QED) is 0.910. The average molecular weight is 272 g/mol. The van der Waals surface area contributed by atoms with Crippen molar-refractivity contribution in [2.45, 2.75) is 12.3 Å². The van der Waals surface area contributed by atoms with Gasteiger partial charge in [0.1, 0.15) is 6.67 Å². The van der Waals surface area contributed by atoms with E-state index >= 15 is 0 Å². The molecule has 1 saturated heterocycles. The third-order valence-corrected chi connectivity index (χ3v) is 4.00. The van der Waals surface area contributed by atoms with E-state index in [1.165, 1.54) is 5.56 Å². The van der Waals surface area contributed by atoms with Gasteiger partial charge in [-0.3, -0.25) is 0 Å². The topological polar surface area (TPSA) is 23.5 Å². The first kappa shape index (κ1) is 13.8. The largest absolute Gasteiger partial charge is 0.396 e. The lowest BCUT2D eigenvalue weighted by molar-refractivity contribution is 0.0973. The molecule has 100 valence electrons. The maximum absolute atomic E-state index is 12.4. The minimum absolute atomic E-state index is 0.149. The van der Waals surface area contributed by atoms with Gasteiger partial charge in [0.25, 0.3) is 0 Å². The van der Waals surface area contributed by atoms with Crippen LogP contribution in [-0.2, 0) is 0 Å². The number of alkyl halides is 1. The SMILES string of the molecule is OCC1CN(CCF)CCC1c1ccc(Cl)cc1. The van der Waals surface area contributed by atoms with Crippen LogP contribution in [0, 0.1) is 5.92 Å². The number of halogens is 2. The number of hydrogen-bond donors (Lipinski definition) is 1. The van der Waals surface area contributed by atoms with Crippen molar-refractivity contribution in [3.05, 3.63) is 34.9 Å². The van der Waals surface area contributed by atoms with Crippen LogP contribution in [-0.4, -0.2) is 42.9 Å². The third-order valence-electron chi connectivity index (χ3n) is 3.75. The van der Waals surface area contributed by atoms with Gasteiger partial charge in [-0.1, -0.05) is 23.7 Å². The fourth-order valence-corrected chi connectivity index (χ4v) is 2.89. The summed E-state index contributed by atoms with van der Waals surface area (Å²) in [6.07, 6.45) is 0.965. The van der Waals surface area contributed by atoms with E-state index in [0.29, 0.717) is 12.5 Å². The second-order valence-corrected chi connectivity index (χ2v) is 5.32. The molecule has 1 aromatic carbocycles. The monoisotopic (exact) mass is 271 g/mol. The lowest BCUT2D eigenvalue weighted by atomic mass is 9.81. The second kappa shape index (κ2) is 6.50. The lowest BCUT2D eigenvalue weighted by Gasteiger charge is -2.37. The lowest BCUT2D eigenvalue weighted by Crippen LogP contribution is -2.41. The van der Waals surface area contributed by atoms with Crippen molar-refractivity contribution in [2.75, 3.05) is 32.9 Å². The van der Waals surface area contributed by atoms with E-state index in [2.05, 4.69) is 4.90 Å². The van der Waals surface area contributed by atoms with Gasteiger partial charge in [-0.25, -0.2) is 4.39 Å². The molecule has 1 aliphatic rings. The van der Waals surface area contributed by atoms with Crippen LogP contribution in [0.3, 0.4) is 0 Å². The fourth-order valence-electron chi connectivity index (χ4n) is 2.76. The molecular formula is C14H19ClFNO. The Hall–Kier alpha value is -0.640. The molecule has 0 bridgehead atoms. The highest BCUT2D eigenvalue weighted by molar-refractivity contribution is 6.30. The number of benzene rings is 1. The standard InChI is InChI=1S/C14H19ClFNO/c15-13-3-1-11(2-4-13)14-5-7-17(8-6-16)9-12(14)10-18/h1-4,12,14,18H,5-10H2. The van der Waals surface area contributed by atoms with E-state index in [9.17, 15) is 9.50 Å². The molecule has 0 amide bonds. The molecule has 0 spiro atoms. The number of piperidine rings is 1. The van der Waals surface area contributed by atoms with Crippen LogP contribution >= 0.6 is 11.6 Å². The van der Waals surface area contributed by atoms with Crippen LogP contribution < -0.4 is 0 Å². The minimum Gasteiger partial charge on any atom is -0.396 e. The van der Waals surface area contributed by atoms with Crippen molar-refractivity contribution in [2.24, 2.45) is 5.92 Å². The summed E-state index contributed by atoms with van der Waals surface area (Å²) < 4.78 is 12.4. The molecule has 0 aromatic heterocycles. The van der Waals surface area contributed by atoms with Crippen LogP contribution in [0.25, 0.3) is 0 Å². The van der Waals surface area contributed by atoms with Gasteiger partial charge in [0.15, 0.2) is 0 Å². The Kier molecular flexibility index (Phi) is 4.98. The van der Waals surface area contributed by atoms with Gasteiger partial charge in [-0.15, -0.1) is 0 Å². The molecule has 1 aliphatic heterocycles. The second-order valence-electron chi connectivity index (χ2n) is 4.88. The fraction of sp³-hybridized carbons (Fsp3) is 0.571. The predicted octanol–water partition coefficient (Wildman–Crippen LogP) is 2.71. The molecule has 1 fully saturated rings. The predicted molar refractivity (Wildman–Crippen MR) is 71.8 cm³/mol. The first-order valence-electron chi connectivity index (χ1n) is 6.39. The van der Waals surface area contributed by atoms with Crippen molar-refractivity contribution in [1.82, 2.24) is 4.90 Å². The van der Waals surface area contributed by atoms with Crippen molar-refractivity contribution in [3.8, 4) is 0 Å². The van der Waals surface area contributed by atoms with Gasteiger partial charge in [-0.2, -0.15) is 0 Å². The van der Waals surface area contributed by atoms with Gasteiger partial charge < -0.3 is 10.0 Å². The molecule has 4 heteroatoms. The van der Waals surface area contributed by atoms with Crippen molar-refractivity contribution >= 4 is 11.6 Å². The minimum atomic E-state index is -0.316. The summed E-state index contributed by atoms with van der Waals surface area (Å²) in [5.41, 5.74) is 1.22. The number of likely N-dealkylation sites (tertiary alicyclic amines) is 1. The van der Waals surface area contributed by atoms with Gasteiger partial charge in [0.05, 0.1) is 0 Å². The molecule has 18 heavy (non-hydrogen) atoms. The number of hydrogen-bond acceptors (Lipinski definition) is 2. The Morgan fingerprint density at radius 1 is 1.33 bits per heavy atom. The number of nitrogens with zero attached hydrogens (tertiary/aromatic N) is 1. The first-order valence-corrected chi connectivity index (χ1v) is 6.77. The highest BCUT2D eigenvalue weighted by Gasteiger charge is 2.29. The van der Waals surface area contributed by atoms with Gasteiger partial charge in [0.2, 0.25) is 0 Å². The van der Waals surface area contributed by atoms with Gasteiger partial charge in [-0.05, 0) is 36.6 Å². The summed E-state index contributed by atoms with van der Waals surface area (Å²) in [7, 11) is 0. The summed E-state index contributed by atoms with van der Waals surface area (Å²) in [6.45, 7) is 1.98. The van der Waals surface area contributed by atoms with Crippen LogP contribution in [0.1, 0.15) is 17.9 Å². The number of aliphatic hydroxyl groups is 1. The van der Waals surface area contributed by atoms with Crippen LogP contribution in [0.15, 0.2) is 24.3 Å². The molecule has 0 aliphatic carbocycles. The molecule has 0 saturated carbocycles. The van der Waals surface area contributed by atoms with E-state index in [4.69, 9.17) is 11.6 Å². The average Bonchev–Trinajstić information content (AvgIpc) is 2.40. The van der Waals surface area contributed by atoms with E-state index < -0.39 is 0 Å². The molecule has 2 rings (SSSR count). The van der Waals surface area contributed by atoms with E-state index in [1.807, 2.05) is 24.3 Å². The molecule has 1 heterocycles. The molecular weight excluding hydrogens is 253 g/mol. The maximum Gasteiger partial charge on any atom is 0.102 e. The van der Waals surface area contributed by atoms with Crippen LogP contribution in [0.5, 0.6) is 0 Å². The van der Waals surface area contributed by atoms with Crippen molar-refractivity contribution < 1.29 is 9.50 Å². The molecule has 1 N–H and O–H groups in total. The first-order chi connectivity index (χ1) is 8.74. The molecule has 2 atom stereocenters. The highest BCUT2D eigenvalue weighted by Crippen LogP contribution is 2.33.